The summed E-state index contributed by atoms with van der Waals surface area (Å²) in [7, 11) is 0. The molecule has 2 amide bonds. The number of likely N-dealkylation sites (tertiary alicyclic amines) is 1. The van der Waals surface area contributed by atoms with E-state index in [2.05, 4.69) is 45.4 Å². The number of carbonyl (C=O) groups is 2. The van der Waals surface area contributed by atoms with Crippen molar-refractivity contribution < 1.29 is 19.1 Å². The highest BCUT2D eigenvalue weighted by atomic mass is 16.5. The lowest BCUT2D eigenvalue weighted by Crippen LogP contribution is -2.48. The first-order chi connectivity index (χ1) is 20.6. The summed E-state index contributed by atoms with van der Waals surface area (Å²) in [5, 5.41) is 4.08. The van der Waals surface area contributed by atoms with E-state index in [4.69, 9.17) is 14.5 Å². The van der Waals surface area contributed by atoms with Crippen LogP contribution < -0.4 is 15.0 Å². The van der Waals surface area contributed by atoms with Crippen LogP contribution in [0.25, 0.3) is 10.9 Å². The minimum Gasteiger partial charge on any atom is -0.489 e. The molecular weight excluding hydrogens is 530 g/mol. The number of amides is 2. The molecule has 0 bridgehead atoms. The van der Waals surface area contributed by atoms with E-state index >= 15 is 0 Å². The topological polar surface area (TPSA) is 87.2 Å². The Bertz CT molecular complexity index is 1520. The normalized spacial score (nSPS) is 27.5. The second-order valence-electron chi connectivity index (χ2n) is 12.7. The summed E-state index contributed by atoms with van der Waals surface area (Å²) in [6.07, 6.45) is 2.30. The minimum atomic E-state index is 0.0556. The average Bonchev–Trinajstić information content (AvgIpc) is 3.78. The van der Waals surface area contributed by atoms with Gasteiger partial charge < -0.3 is 24.6 Å². The van der Waals surface area contributed by atoms with Gasteiger partial charge in [0.1, 0.15) is 17.7 Å². The molecule has 0 radical (unpaired) electrons. The van der Waals surface area contributed by atoms with Gasteiger partial charge >= 0.3 is 0 Å². The maximum Gasteiger partial charge on any atom is 0.254 e. The molecule has 4 saturated heterocycles. The Balaban J connectivity index is 0.873. The third-order valence-corrected chi connectivity index (χ3v) is 9.83. The number of nitrogens with one attached hydrogen (secondary N) is 1. The number of ether oxygens (including phenoxy) is 2. The van der Waals surface area contributed by atoms with Crippen LogP contribution in [0.2, 0.25) is 0 Å². The summed E-state index contributed by atoms with van der Waals surface area (Å²) in [5.74, 6) is 3.32. The van der Waals surface area contributed by atoms with Crippen LogP contribution in [0, 0.1) is 11.8 Å². The minimum absolute atomic E-state index is 0.0556. The molecule has 3 aromatic rings. The molecule has 9 heteroatoms. The number of rotatable bonds is 6. The van der Waals surface area contributed by atoms with Crippen molar-refractivity contribution in [3.8, 4) is 5.75 Å². The van der Waals surface area contributed by atoms with E-state index in [1.54, 1.807) is 0 Å². The molecule has 5 aliphatic heterocycles. The quantitative estimate of drug-likeness (QED) is 0.490. The Hall–Kier alpha value is -3.69. The van der Waals surface area contributed by atoms with Gasteiger partial charge in [-0.15, -0.1) is 0 Å². The Labute approximate surface area is 245 Å². The third kappa shape index (κ3) is 4.88. The Morgan fingerprint density at radius 3 is 2.69 bits per heavy atom. The molecule has 0 spiro atoms. The Morgan fingerprint density at radius 2 is 1.86 bits per heavy atom. The van der Waals surface area contributed by atoms with Crippen LogP contribution in [0.3, 0.4) is 0 Å². The molecule has 218 valence electrons. The van der Waals surface area contributed by atoms with Gasteiger partial charge in [-0.3, -0.25) is 14.5 Å². The highest BCUT2D eigenvalue weighted by Crippen LogP contribution is 2.33. The number of aromatic nitrogens is 1. The highest BCUT2D eigenvalue weighted by Gasteiger charge is 2.38. The van der Waals surface area contributed by atoms with Gasteiger partial charge in [-0.1, -0.05) is 6.07 Å². The van der Waals surface area contributed by atoms with Crippen molar-refractivity contribution >= 4 is 28.5 Å². The molecule has 6 heterocycles. The molecule has 42 heavy (non-hydrogen) atoms. The predicted molar refractivity (Wildman–Crippen MR) is 158 cm³/mol. The number of hydrogen-bond donors (Lipinski definition) is 1. The van der Waals surface area contributed by atoms with Crippen molar-refractivity contribution in [1.29, 1.82) is 0 Å². The van der Waals surface area contributed by atoms with Gasteiger partial charge in [0.15, 0.2) is 0 Å². The molecule has 0 saturated carbocycles. The van der Waals surface area contributed by atoms with Gasteiger partial charge in [0.25, 0.3) is 5.91 Å². The van der Waals surface area contributed by atoms with E-state index in [1.165, 1.54) is 10.9 Å². The SMILES string of the molecule is O=C1CCC(N2Cc3cc(O[C@H]4CCN(Cc5ccc6nc(N7C[C@H]8COC[C@H]8C7)ccc6c5)C4)ccc3C2=O)CN1. The lowest BCUT2D eigenvalue weighted by Gasteiger charge is -2.31. The summed E-state index contributed by atoms with van der Waals surface area (Å²) in [6, 6.07) is 16.9. The first kappa shape index (κ1) is 26.0. The van der Waals surface area contributed by atoms with Crippen molar-refractivity contribution in [1.82, 2.24) is 20.1 Å². The van der Waals surface area contributed by atoms with Crippen LogP contribution in [-0.4, -0.2) is 84.7 Å². The van der Waals surface area contributed by atoms with Crippen molar-refractivity contribution in [2.75, 3.05) is 50.8 Å². The van der Waals surface area contributed by atoms with E-state index in [-0.39, 0.29) is 24.0 Å². The average molecular weight is 568 g/mol. The zero-order valence-corrected chi connectivity index (χ0v) is 23.8. The summed E-state index contributed by atoms with van der Waals surface area (Å²) < 4.78 is 12.0. The molecule has 4 atom stereocenters. The number of carbonyl (C=O) groups excluding carboxylic acids is 2. The first-order valence-corrected chi connectivity index (χ1v) is 15.4. The van der Waals surface area contributed by atoms with Crippen LogP contribution in [0.1, 0.15) is 40.7 Å². The third-order valence-electron chi connectivity index (χ3n) is 9.83. The zero-order valence-electron chi connectivity index (χ0n) is 23.8. The number of anilines is 1. The molecule has 2 aromatic carbocycles. The smallest absolute Gasteiger partial charge is 0.254 e. The summed E-state index contributed by atoms with van der Waals surface area (Å²) in [5.41, 5.74) is 4.11. The predicted octanol–water partition coefficient (Wildman–Crippen LogP) is 3.21. The first-order valence-electron chi connectivity index (χ1n) is 15.4. The molecular formula is C33H37N5O4. The lowest BCUT2D eigenvalue weighted by molar-refractivity contribution is -0.123. The zero-order chi connectivity index (χ0) is 28.2. The van der Waals surface area contributed by atoms with Crippen LogP contribution >= 0.6 is 0 Å². The molecule has 4 fully saturated rings. The molecule has 1 aromatic heterocycles. The van der Waals surface area contributed by atoms with Gasteiger partial charge in [-0.05, 0) is 66.4 Å². The van der Waals surface area contributed by atoms with Gasteiger partial charge in [0.2, 0.25) is 5.91 Å². The molecule has 9 nitrogen and oxygen atoms in total. The second kappa shape index (κ2) is 10.5. The van der Waals surface area contributed by atoms with Crippen LogP contribution in [0.15, 0.2) is 48.5 Å². The molecule has 8 rings (SSSR count). The van der Waals surface area contributed by atoms with Crippen molar-refractivity contribution in [2.24, 2.45) is 11.8 Å². The second-order valence-corrected chi connectivity index (χ2v) is 12.7. The van der Waals surface area contributed by atoms with E-state index in [0.29, 0.717) is 31.3 Å². The van der Waals surface area contributed by atoms with E-state index < -0.39 is 0 Å². The summed E-state index contributed by atoms with van der Waals surface area (Å²) in [6.45, 7) is 7.73. The fraction of sp³-hybridized carbons (Fsp3) is 0.485. The molecule has 1 unspecified atom stereocenters. The number of pyridine rings is 1. The number of fused-ring (bicyclic) bond motifs is 3. The maximum absolute atomic E-state index is 13.0. The summed E-state index contributed by atoms with van der Waals surface area (Å²) in [4.78, 5) is 36.3. The van der Waals surface area contributed by atoms with E-state index in [9.17, 15) is 9.59 Å². The van der Waals surface area contributed by atoms with Crippen molar-refractivity contribution in [3.63, 3.8) is 0 Å². The van der Waals surface area contributed by atoms with Crippen LogP contribution in [-0.2, 0) is 22.6 Å². The fourth-order valence-corrected chi connectivity index (χ4v) is 7.47. The van der Waals surface area contributed by atoms with Gasteiger partial charge in [-0.2, -0.15) is 0 Å². The Morgan fingerprint density at radius 1 is 0.976 bits per heavy atom. The number of piperidine rings is 1. The van der Waals surface area contributed by atoms with Gasteiger partial charge in [0.05, 0.1) is 24.8 Å². The Kier molecular flexibility index (Phi) is 6.52. The number of nitrogens with zero attached hydrogens (tertiary/aromatic N) is 4. The van der Waals surface area contributed by atoms with E-state index in [0.717, 1.165) is 87.0 Å². The van der Waals surface area contributed by atoms with E-state index in [1.807, 2.05) is 23.1 Å². The fourth-order valence-electron chi connectivity index (χ4n) is 7.47. The summed E-state index contributed by atoms with van der Waals surface area (Å²) >= 11 is 0. The van der Waals surface area contributed by atoms with Gasteiger partial charge in [-0.25, -0.2) is 4.98 Å². The monoisotopic (exact) mass is 567 g/mol. The molecule has 5 aliphatic rings. The van der Waals surface area contributed by atoms with Gasteiger partial charge in [0, 0.05) is 75.0 Å². The van der Waals surface area contributed by atoms with Crippen molar-refractivity contribution in [3.05, 3.63) is 65.2 Å². The highest BCUT2D eigenvalue weighted by molar-refractivity contribution is 5.99. The van der Waals surface area contributed by atoms with Crippen LogP contribution in [0.5, 0.6) is 5.75 Å². The van der Waals surface area contributed by atoms with Crippen molar-refractivity contribution in [2.45, 2.75) is 44.5 Å². The standard InChI is InChI=1S/C33H37N5O4/c39-32-8-3-26(13-34-32)38-17-23-12-27(4-5-29(23)33(38)40)42-28-9-10-36(18-28)14-21-1-6-30-22(11-21)2-7-31(35-30)37-15-24-19-41-20-25(24)16-37/h1-2,4-7,11-12,24-26,28H,3,8-10,13-20H2,(H,34,39)/t24-,25+,26?,28-/m0/s1. The largest absolute Gasteiger partial charge is 0.489 e. The molecule has 1 N–H and O–H groups in total. The van der Waals surface area contributed by atoms with Crippen LogP contribution in [0.4, 0.5) is 5.82 Å². The number of hydrogen-bond acceptors (Lipinski definition) is 7. The lowest BCUT2D eigenvalue weighted by atomic mass is 10.0. The maximum atomic E-state index is 13.0. The molecule has 0 aliphatic carbocycles. The number of benzene rings is 2.